The van der Waals surface area contributed by atoms with Gasteiger partial charge in [-0.15, -0.1) is 5.10 Å². The number of aromatic nitrogens is 3. The second kappa shape index (κ2) is 10.9. The second-order valence-corrected chi connectivity index (χ2v) is 10.1. The Morgan fingerprint density at radius 1 is 0.902 bits per heavy atom. The van der Waals surface area contributed by atoms with Gasteiger partial charge in [0.1, 0.15) is 22.6 Å². The first kappa shape index (κ1) is 26.2. The number of benzene rings is 3. The van der Waals surface area contributed by atoms with Gasteiger partial charge in [0.25, 0.3) is 11.5 Å². The van der Waals surface area contributed by atoms with Crippen LogP contribution in [0.3, 0.4) is 0 Å². The number of fused-ring (bicyclic) bond motifs is 2. The van der Waals surface area contributed by atoms with Crippen LogP contribution in [-0.2, 0) is 9.59 Å². The standard InChI is InChI=1S/C30H25N5O5S/c1-3-39-20-13-9-18(10-14-20)27-32-30-35(33-27)29(38)26(41-30)25-22-7-5-6-8-23(22)34(28(25)37)17-24(36)31-19-11-15-21(16-12-19)40-4-2/h5-16H,3-4,17H2,1-2H3,(H,31,36)/b26-25-. The zero-order chi connectivity index (χ0) is 28.5. The van der Waals surface area contributed by atoms with Crippen molar-refractivity contribution in [3.05, 3.63) is 93.2 Å². The first-order valence-corrected chi connectivity index (χ1v) is 13.9. The molecule has 10 nitrogen and oxygen atoms in total. The number of nitrogens with zero attached hydrogens (tertiary/aromatic N) is 4. The molecule has 3 aromatic carbocycles. The summed E-state index contributed by atoms with van der Waals surface area (Å²) < 4.78 is 12.4. The maximum atomic E-state index is 13.7. The molecule has 1 aliphatic heterocycles. The van der Waals surface area contributed by atoms with E-state index in [0.29, 0.717) is 46.7 Å². The molecule has 2 aromatic heterocycles. The maximum Gasteiger partial charge on any atom is 0.291 e. The Labute approximate surface area is 238 Å². The molecule has 206 valence electrons. The lowest BCUT2D eigenvalue weighted by Crippen LogP contribution is -2.37. The summed E-state index contributed by atoms with van der Waals surface area (Å²) in [6, 6.07) is 21.4. The van der Waals surface area contributed by atoms with E-state index in [0.717, 1.165) is 22.6 Å². The summed E-state index contributed by atoms with van der Waals surface area (Å²) in [5, 5.41) is 7.23. The fourth-order valence-electron chi connectivity index (χ4n) is 4.68. The van der Waals surface area contributed by atoms with E-state index in [1.165, 1.54) is 9.42 Å². The molecule has 0 fully saturated rings. The third kappa shape index (κ3) is 4.91. The van der Waals surface area contributed by atoms with Crippen molar-refractivity contribution < 1.29 is 19.1 Å². The van der Waals surface area contributed by atoms with Crippen molar-refractivity contribution in [3.8, 4) is 22.9 Å². The largest absolute Gasteiger partial charge is 0.494 e. The minimum absolute atomic E-state index is 0.219. The highest BCUT2D eigenvalue weighted by atomic mass is 32.1. The van der Waals surface area contributed by atoms with Gasteiger partial charge in [0.2, 0.25) is 10.9 Å². The van der Waals surface area contributed by atoms with E-state index in [-0.39, 0.29) is 22.6 Å². The predicted molar refractivity (Wildman–Crippen MR) is 157 cm³/mol. The SMILES string of the molecule is CCOc1ccc(NC(=O)CN2C(=O)/C(=c3\sc4nc(-c5ccc(OCC)cc5)nn4c3=O)c3ccccc32)cc1. The minimum atomic E-state index is -0.437. The average Bonchev–Trinajstić information content (AvgIpc) is 3.61. The van der Waals surface area contributed by atoms with E-state index >= 15 is 0 Å². The molecule has 0 atom stereocenters. The second-order valence-electron chi connectivity index (χ2n) is 9.11. The quantitative estimate of drug-likeness (QED) is 0.305. The number of hydrogen-bond acceptors (Lipinski definition) is 8. The molecule has 3 heterocycles. The highest BCUT2D eigenvalue weighted by Gasteiger charge is 2.35. The van der Waals surface area contributed by atoms with Gasteiger partial charge in [-0.2, -0.15) is 9.50 Å². The summed E-state index contributed by atoms with van der Waals surface area (Å²) in [5.74, 6) is 1.03. The molecule has 5 aromatic rings. The van der Waals surface area contributed by atoms with Gasteiger partial charge in [0.05, 0.1) is 24.5 Å². The summed E-state index contributed by atoms with van der Waals surface area (Å²) >= 11 is 1.10. The highest BCUT2D eigenvalue weighted by Crippen LogP contribution is 2.35. The molecule has 0 unspecified atom stereocenters. The summed E-state index contributed by atoms with van der Waals surface area (Å²) in [7, 11) is 0. The molecule has 0 saturated heterocycles. The van der Waals surface area contributed by atoms with Gasteiger partial charge in [0.15, 0.2) is 5.82 Å². The Kier molecular flexibility index (Phi) is 6.94. The number of carbonyl (C=O) groups excluding carboxylic acids is 2. The van der Waals surface area contributed by atoms with Crippen molar-refractivity contribution >= 4 is 45.1 Å². The molecule has 0 aliphatic carbocycles. The number of nitrogens with one attached hydrogen (secondary N) is 1. The molecule has 1 N–H and O–H groups in total. The van der Waals surface area contributed by atoms with E-state index in [2.05, 4.69) is 15.4 Å². The van der Waals surface area contributed by atoms with Crippen LogP contribution in [0.15, 0.2) is 77.6 Å². The van der Waals surface area contributed by atoms with E-state index in [1.807, 2.05) is 38.1 Å². The summed E-state index contributed by atoms with van der Waals surface area (Å²) in [4.78, 5) is 46.4. The molecule has 0 radical (unpaired) electrons. The maximum absolute atomic E-state index is 13.7. The van der Waals surface area contributed by atoms with Crippen LogP contribution in [0.2, 0.25) is 0 Å². The van der Waals surface area contributed by atoms with Gasteiger partial charge >= 0.3 is 0 Å². The zero-order valence-corrected chi connectivity index (χ0v) is 23.1. The van der Waals surface area contributed by atoms with E-state index in [9.17, 15) is 14.4 Å². The van der Waals surface area contributed by atoms with Crippen LogP contribution in [0.25, 0.3) is 21.9 Å². The first-order chi connectivity index (χ1) is 20.0. The fraction of sp³-hybridized carbons (Fsp3) is 0.167. The smallest absolute Gasteiger partial charge is 0.291 e. The fourth-order valence-corrected chi connectivity index (χ4v) is 5.67. The van der Waals surface area contributed by atoms with Gasteiger partial charge in [0, 0.05) is 16.8 Å². The molecule has 0 spiro atoms. The van der Waals surface area contributed by atoms with Crippen LogP contribution in [-0.4, -0.2) is 46.2 Å². The molecular formula is C30H25N5O5S. The van der Waals surface area contributed by atoms with Crippen LogP contribution in [0.4, 0.5) is 11.4 Å². The Morgan fingerprint density at radius 3 is 2.22 bits per heavy atom. The van der Waals surface area contributed by atoms with Crippen molar-refractivity contribution in [1.82, 2.24) is 14.6 Å². The van der Waals surface area contributed by atoms with Crippen molar-refractivity contribution in [1.29, 1.82) is 0 Å². The Balaban J connectivity index is 1.30. The van der Waals surface area contributed by atoms with Crippen molar-refractivity contribution in [2.45, 2.75) is 13.8 Å². The Hall–Kier alpha value is -5.03. The Bertz CT molecular complexity index is 1880. The van der Waals surface area contributed by atoms with Crippen molar-refractivity contribution in [2.24, 2.45) is 0 Å². The molecule has 11 heteroatoms. The number of hydrogen-bond donors (Lipinski definition) is 1. The molecule has 1 aliphatic rings. The van der Waals surface area contributed by atoms with Gasteiger partial charge in [-0.1, -0.05) is 29.5 Å². The molecule has 0 bridgehead atoms. The molecule has 41 heavy (non-hydrogen) atoms. The van der Waals surface area contributed by atoms with Crippen LogP contribution in [0.5, 0.6) is 11.5 Å². The van der Waals surface area contributed by atoms with Crippen LogP contribution in [0.1, 0.15) is 19.4 Å². The topological polar surface area (TPSA) is 115 Å². The summed E-state index contributed by atoms with van der Waals surface area (Å²) in [5.41, 5.74) is 2.26. The normalized spacial score (nSPS) is 13.9. The number of para-hydroxylation sites is 1. The zero-order valence-electron chi connectivity index (χ0n) is 22.3. The first-order valence-electron chi connectivity index (χ1n) is 13.1. The Morgan fingerprint density at radius 2 is 1.56 bits per heavy atom. The lowest BCUT2D eigenvalue weighted by molar-refractivity contribution is -0.118. The van der Waals surface area contributed by atoms with E-state index in [1.54, 1.807) is 48.5 Å². The number of amides is 2. The number of ether oxygens (including phenoxy) is 2. The summed E-state index contributed by atoms with van der Waals surface area (Å²) in [6.45, 7) is 4.69. The third-order valence-corrected chi connectivity index (χ3v) is 7.51. The monoisotopic (exact) mass is 567 g/mol. The van der Waals surface area contributed by atoms with Crippen LogP contribution in [0, 0.1) is 0 Å². The van der Waals surface area contributed by atoms with Gasteiger partial charge < -0.3 is 14.8 Å². The number of anilines is 2. The molecule has 0 saturated carbocycles. The lowest BCUT2D eigenvalue weighted by Gasteiger charge is -2.16. The van der Waals surface area contributed by atoms with Gasteiger partial charge in [-0.05, 0) is 68.4 Å². The van der Waals surface area contributed by atoms with Crippen molar-refractivity contribution in [2.75, 3.05) is 30.0 Å². The summed E-state index contributed by atoms with van der Waals surface area (Å²) in [6.07, 6.45) is 0. The van der Waals surface area contributed by atoms with Crippen LogP contribution < -0.4 is 29.8 Å². The van der Waals surface area contributed by atoms with Gasteiger partial charge in [-0.3, -0.25) is 19.3 Å². The highest BCUT2D eigenvalue weighted by molar-refractivity contribution is 7.15. The minimum Gasteiger partial charge on any atom is -0.494 e. The average molecular weight is 568 g/mol. The number of rotatable bonds is 8. The number of thiazole rings is 1. The van der Waals surface area contributed by atoms with Crippen molar-refractivity contribution in [3.63, 3.8) is 0 Å². The van der Waals surface area contributed by atoms with E-state index < -0.39 is 11.5 Å². The van der Waals surface area contributed by atoms with E-state index in [4.69, 9.17) is 9.47 Å². The molecule has 6 rings (SSSR count). The lowest BCUT2D eigenvalue weighted by atomic mass is 10.1. The predicted octanol–water partition coefficient (Wildman–Crippen LogP) is 3.52. The van der Waals surface area contributed by atoms with Crippen LogP contribution >= 0.6 is 11.3 Å². The molecule has 2 amide bonds. The van der Waals surface area contributed by atoms with Gasteiger partial charge in [-0.25, -0.2) is 0 Å². The number of carbonyl (C=O) groups is 2. The third-order valence-electron chi connectivity index (χ3n) is 6.48. The molecular weight excluding hydrogens is 542 g/mol.